The van der Waals surface area contributed by atoms with Crippen LogP contribution >= 0.6 is 11.6 Å². The first-order valence-electron chi connectivity index (χ1n) is 7.68. The first-order valence-corrected chi connectivity index (χ1v) is 8.06. The molecule has 0 aliphatic rings. The van der Waals surface area contributed by atoms with Crippen molar-refractivity contribution < 1.29 is 14.3 Å². The molecule has 0 spiro atoms. The Labute approximate surface area is 154 Å². The van der Waals surface area contributed by atoms with E-state index in [1.54, 1.807) is 18.2 Å². The molecule has 2 aromatic carbocycles. The number of amides is 2. The number of para-hydroxylation sites is 2. The molecule has 0 radical (unpaired) electrons. The molecule has 3 rings (SSSR count). The van der Waals surface area contributed by atoms with Crippen LogP contribution in [0, 0.1) is 0 Å². The topological polar surface area (TPSA) is 93.2 Å². The molecule has 0 saturated heterocycles. The van der Waals surface area contributed by atoms with Gasteiger partial charge in [0.2, 0.25) is 5.91 Å². The Kier molecular flexibility index (Phi) is 5.40. The van der Waals surface area contributed by atoms with E-state index in [2.05, 4.69) is 20.6 Å². The monoisotopic (exact) mass is 370 g/mol. The smallest absolute Gasteiger partial charge is 0.275 e. The second kappa shape index (κ2) is 7.90. The molecular formula is C18H15ClN4O3. The van der Waals surface area contributed by atoms with E-state index in [0.717, 1.165) is 0 Å². The van der Waals surface area contributed by atoms with Crippen LogP contribution in [-0.2, 0) is 9.53 Å². The summed E-state index contributed by atoms with van der Waals surface area (Å²) in [6.07, 6.45) is 1.42. The number of ether oxygens (including phenoxy) is 1. The Morgan fingerprint density at radius 2 is 1.88 bits per heavy atom. The lowest BCUT2D eigenvalue weighted by Gasteiger charge is -2.10. The van der Waals surface area contributed by atoms with Gasteiger partial charge in [0.1, 0.15) is 12.3 Å². The number of hydrogen-bond acceptors (Lipinski definition) is 5. The Morgan fingerprint density at radius 1 is 1.12 bits per heavy atom. The first-order chi connectivity index (χ1) is 12.6. The maximum Gasteiger partial charge on any atom is 0.275 e. The van der Waals surface area contributed by atoms with Gasteiger partial charge >= 0.3 is 0 Å². The average Bonchev–Trinajstić information content (AvgIpc) is 2.64. The van der Waals surface area contributed by atoms with Crippen LogP contribution in [0.5, 0.6) is 0 Å². The fourth-order valence-electron chi connectivity index (χ4n) is 2.27. The third-order valence-electron chi connectivity index (χ3n) is 3.46. The van der Waals surface area contributed by atoms with Gasteiger partial charge in [-0.05, 0) is 30.3 Å². The lowest BCUT2D eigenvalue weighted by Crippen LogP contribution is -2.17. The zero-order valence-corrected chi connectivity index (χ0v) is 14.6. The molecule has 3 aromatic rings. The summed E-state index contributed by atoms with van der Waals surface area (Å²) < 4.78 is 4.75. The summed E-state index contributed by atoms with van der Waals surface area (Å²) in [5, 5.41) is 5.61. The van der Waals surface area contributed by atoms with E-state index in [1.807, 2.05) is 18.2 Å². The number of halogens is 1. The van der Waals surface area contributed by atoms with Gasteiger partial charge in [-0.25, -0.2) is 4.98 Å². The molecule has 2 N–H and O–H groups in total. The van der Waals surface area contributed by atoms with Crippen LogP contribution < -0.4 is 10.6 Å². The van der Waals surface area contributed by atoms with Gasteiger partial charge in [0.25, 0.3) is 5.91 Å². The third kappa shape index (κ3) is 4.14. The van der Waals surface area contributed by atoms with Gasteiger partial charge in [-0.2, -0.15) is 0 Å². The summed E-state index contributed by atoms with van der Waals surface area (Å²) in [4.78, 5) is 32.4. The van der Waals surface area contributed by atoms with Crippen LogP contribution in [0.25, 0.3) is 11.0 Å². The van der Waals surface area contributed by atoms with Crippen LogP contribution in [0.3, 0.4) is 0 Å². The van der Waals surface area contributed by atoms with Crippen LogP contribution in [0.15, 0.2) is 48.7 Å². The van der Waals surface area contributed by atoms with E-state index in [-0.39, 0.29) is 23.2 Å². The van der Waals surface area contributed by atoms with Crippen molar-refractivity contribution in [2.24, 2.45) is 0 Å². The Balaban J connectivity index is 1.74. The molecule has 1 aromatic heterocycles. The molecule has 2 amide bonds. The SMILES string of the molecule is COCC(=O)Nc1ccc(NC(=O)c2cnc3ccccc3n2)cc1Cl. The maximum atomic E-state index is 12.4. The van der Waals surface area contributed by atoms with Gasteiger partial charge in [-0.1, -0.05) is 23.7 Å². The minimum Gasteiger partial charge on any atom is -0.375 e. The van der Waals surface area contributed by atoms with Crippen LogP contribution in [0.4, 0.5) is 11.4 Å². The number of nitrogens with one attached hydrogen (secondary N) is 2. The Hall–Kier alpha value is -3.03. The van der Waals surface area contributed by atoms with Gasteiger partial charge in [-0.15, -0.1) is 0 Å². The summed E-state index contributed by atoms with van der Waals surface area (Å²) in [5.74, 6) is -0.729. The van der Waals surface area contributed by atoms with Gasteiger partial charge in [0.05, 0.1) is 27.9 Å². The third-order valence-corrected chi connectivity index (χ3v) is 3.77. The standard InChI is InChI=1S/C18H15ClN4O3/c1-26-10-17(24)23-13-7-6-11(8-12(13)19)21-18(25)16-9-20-14-4-2-3-5-15(14)22-16/h2-9H,10H2,1H3,(H,21,25)(H,23,24). The molecule has 0 aliphatic carbocycles. The molecule has 132 valence electrons. The molecule has 1 heterocycles. The molecule has 0 fully saturated rings. The summed E-state index contributed by atoms with van der Waals surface area (Å²) >= 11 is 6.15. The number of carbonyl (C=O) groups excluding carboxylic acids is 2. The number of benzene rings is 2. The van der Waals surface area contributed by atoms with Crippen molar-refractivity contribution >= 4 is 45.8 Å². The number of fused-ring (bicyclic) bond motifs is 1. The number of nitrogens with zero attached hydrogens (tertiary/aromatic N) is 2. The largest absolute Gasteiger partial charge is 0.375 e. The fraction of sp³-hybridized carbons (Fsp3) is 0.111. The Bertz CT molecular complexity index is 978. The van der Waals surface area contributed by atoms with Gasteiger partial charge in [-0.3, -0.25) is 14.6 Å². The highest BCUT2D eigenvalue weighted by molar-refractivity contribution is 6.34. The van der Waals surface area contributed by atoms with Crippen LogP contribution in [0.1, 0.15) is 10.5 Å². The van der Waals surface area contributed by atoms with E-state index in [4.69, 9.17) is 16.3 Å². The minimum absolute atomic E-state index is 0.0740. The number of hydrogen-bond donors (Lipinski definition) is 2. The quantitative estimate of drug-likeness (QED) is 0.719. The molecule has 7 nitrogen and oxygen atoms in total. The van der Waals surface area contributed by atoms with Crippen molar-refractivity contribution in [1.29, 1.82) is 0 Å². The molecule has 0 unspecified atom stereocenters. The first kappa shape index (κ1) is 17.8. The van der Waals surface area contributed by atoms with Crippen molar-refractivity contribution in [3.63, 3.8) is 0 Å². The normalized spacial score (nSPS) is 10.5. The zero-order valence-electron chi connectivity index (χ0n) is 13.8. The van der Waals surface area contributed by atoms with Crippen LogP contribution in [0.2, 0.25) is 5.02 Å². The van der Waals surface area contributed by atoms with E-state index in [1.165, 1.54) is 19.4 Å². The molecular weight excluding hydrogens is 356 g/mol. The van der Waals surface area contributed by atoms with E-state index >= 15 is 0 Å². The number of methoxy groups -OCH3 is 1. The molecule has 0 bridgehead atoms. The number of aromatic nitrogens is 2. The lowest BCUT2D eigenvalue weighted by molar-refractivity contribution is -0.119. The lowest BCUT2D eigenvalue weighted by atomic mass is 10.2. The second-order valence-electron chi connectivity index (χ2n) is 5.37. The average molecular weight is 371 g/mol. The van der Waals surface area contributed by atoms with E-state index in [9.17, 15) is 9.59 Å². The molecule has 0 saturated carbocycles. The second-order valence-corrected chi connectivity index (χ2v) is 5.78. The fourth-order valence-corrected chi connectivity index (χ4v) is 2.50. The zero-order chi connectivity index (χ0) is 18.5. The summed E-state index contributed by atoms with van der Waals surface area (Å²) in [7, 11) is 1.43. The van der Waals surface area contributed by atoms with Crippen molar-refractivity contribution in [2.45, 2.75) is 0 Å². The number of carbonyl (C=O) groups is 2. The summed E-state index contributed by atoms with van der Waals surface area (Å²) in [5.41, 5.74) is 2.44. The number of rotatable bonds is 5. The van der Waals surface area contributed by atoms with Gasteiger partial charge in [0.15, 0.2) is 0 Å². The minimum atomic E-state index is -0.407. The highest BCUT2D eigenvalue weighted by atomic mass is 35.5. The van der Waals surface area contributed by atoms with E-state index in [0.29, 0.717) is 22.4 Å². The summed E-state index contributed by atoms with van der Waals surface area (Å²) in [6.45, 7) is -0.0740. The predicted molar refractivity (Wildman–Crippen MR) is 99.4 cm³/mol. The predicted octanol–water partition coefficient (Wildman–Crippen LogP) is 3.12. The van der Waals surface area contributed by atoms with Gasteiger partial charge in [0, 0.05) is 12.8 Å². The number of anilines is 2. The van der Waals surface area contributed by atoms with Crippen molar-refractivity contribution in [1.82, 2.24) is 9.97 Å². The maximum absolute atomic E-state index is 12.4. The van der Waals surface area contributed by atoms with Gasteiger partial charge < -0.3 is 15.4 Å². The van der Waals surface area contributed by atoms with Crippen molar-refractivity contribution in [3.05, 3.63) is 59.4 Å². The highest BCUT2D eigenvalue weighted by Crippen LogP contribution is 2.25. The molecule has 0 aliphatic heterocycles. The summed E-state index contributed by atoms with van der Waals surface area (Å²) in [6, 6.07) is 12.0. The molecule has 8 heteroatoms. The molecule has 0 atom stereocenters. The van der Waals surface area contributed by atoms with Crippen molar-refractivity contribution in [3.8, 4) is 0 Å². The van der Waals surface area contributed by atoms with Crippen LogP contribution in [-0.4, -0.2) is 35.5 Å². The Morgan fingerprint density at radius 3 is 2.62 bits per heavy atom. The highest BCUT2D eigenvalue weighted by Gasteiger charge is 2.11. The molecule has 26 heavy (non-hydrogen) atoms. The van der Waals surface area contributed by atoms with Crippen molar-refractivity contribution in [2.75, 3.05) is 24.4 Å². The van der Waals surface area contributed by atoms with E-state index < -0.39 is 5.91 Å².